The largest absolute Gasteiger partial charge is 0.491 e. The maximum Gasteiger partial charge on any atom is 0.272 e. The number of likely N-dealkylation sites (tertiary alicyclic amines) is 1. The summed E-state index contributed by atoms with van der Waals surface area (Å²) in [6.07, 6.45) is 1.27. The van der Waals surface area contributed by atoms with Gasteiger partial charge in [0, 0.05) is 42.5 Å². The van der Waals surface area contributed by atoms with E-state index in [1.165, 1.54) is 5.56 Å². The van der Waals surface area contributed by atoms with Gasteiger partial charge >= 0.3 is 0 Å². The van der Waals surface area contributed by atoms with Crippen LogP contribution in [0.3, 0.4) is 0 Å². The second kappa shape index (κ2) is 7.19. The molecule has 6 heteroatoms. The topological polar surface area (TPSA) is 62.6 Å². The monoisotopic (exact) mass is 366 g/mol. The van der Waals surface area contributed by atoms with E-state index >= 15 is 0 Å². The van der Waals surface area contributed by atoms with E-state index in [-0.39, 0.29) is 11.7 Å². The first-order valence-electron chi connectivity index (χ1n) is 9.55. The molecule has 27 heavy (non-hydrogen) atoms. The molecule has 2 aromatic heterocycles. The van der Waals surface area contributed by atoms with Crippen molar-refractivity contribution < 1.29 is 4.74 Å². The lowest BCUT2D eigenvalue weighted by atomic mass is 10.1. The molecule has 1 aliphatic rings. The summed E-state index contributed by atoms with van der Waals surface area (Å²) in [4.78, 5) is 19.0. The maximum absolute atomic E-state index is 12.1. The molecular formula is C21H26N4O2. The van der Waals surface area contributed by atoms with Gasteiger partial charge in [0.15, 0.2) is 5.65 Å². The van der Waals surface area contributed by atoms with Crippen LogP contribution in [-0.2, 0) is 6.54 Å². The molecule has 0 aliphatic carbocycles. The van der Waals surface area contributed by atoms with Crippen LogP contribution in [-0.4, -0.2) is 38.7 Å². The Bertz CT molecular complexity index is 988. The highest BCUT2D eigenvalue weighted by Crippen LogP contribution is 2.28. The second-order valence-electron chi connectivity index (χ2n) is 7.67. The number of benzene rings is 1. The Morgan fingerprint density at radius 2 is 2.04 bits per heavy atom. The number of rotatable bonds is 5. The van der Waals surface area contributed by atoms with Crippen LogP contribution in [0.5, 0.6) is 5.75 Å². The van der Waals surface area contributed by atoms with Crippen LogP contribution in [0.1, 0.15) is 43.1 Å². The number of aromatic amines is 1. The van der Waals surface area contributed by atoms with Crippen molar-refractivity contribution in [2.75, 3.05) is 13.1 Å². The van der Waals surface area contributed by atoms with Gasteiger partial charge in [0.2, 0.25) is 0 Å². The highest BCUT2D eigenvalue weighted by atomic mass is 16.5. The van der Waals surface area contributed by atoms with Crippen LogP contribution in [0.25, 0.3) is 5.65 Å². The molecule has 1 atom stereocenters. The molecular weight excluding hydrogens is 340 g/mol. The molecule has 1 saturated heterocycles. The molecule has 1 aromatic carbocycles. The molecule has 3 heterocycles. The highest BCUT2D eigenvalue weighted by Gasteiger charge is 2.25. The van der Waals surface area contributed by atoms with Gasteiger partial charge in [-0.2, -0.15) is 0 Å². The van der Waals surface area contributed by atoms with Crippen molar-refractivity contribution >= 4 is 5.65 Å². The SMILES string of the molecule is Cc1cc(=O)n2[nH]c([C@H]3CCN(Cc4ccc(OC(C)C)cc4)C3)cc2n1. The third-order valence-corrected chi connectivity index (χ3v) is 5.01. The number of nitrogens with zero attached hydrogens (tertiary/aromatic N) is 3. The van der Waals surface area contributed by atoms with Crippen molar-refractivity contribution in [1.29, 1.82) is 0 Å². The molecule has 3 aromatic rings. The zero-order chi connectivity index (χ0) is 19.0. The van der Waals surface area contributed by atoms with Crippen molar-refractivity contribution in [3.05, 3.63) is 63.7 Å². The van der Waals surface area contributed by atoms with Gasteiger partial charge in [-0.3, -0.25) is 14.8 Å². The molecule has 4 rings (SSSR count). The van der Waals surface area contributed by atoms with Gasteiger partial charge in [-0.1, -0.05) is 12.1 Å². The van der Waals surface area contributed by atoms with Gasteiger partial charge in [0.1, 0.15) is 5.75 Å². The van der Waals surface area contributed by atoms with E-state index in [4.69, 9.17) is 4.74 Å². The van der Waals surface area contributed by atoms with Gasteiger partial charge in [0.05, 0.1) is 6.10 Å². The van der Waals surface area contributed by atoms with Crippen LogP contribution in [0.2, 0.25) is 0 Å². The fourth-order valence-electron chi connectivity index (χ4n) is 3.77. The lowest BCUT2D eigenvalue weighted by Crippen LogP contribution is -2.20. The van der Waals surface area contributed by atoms with Crippen LogP contribution < -0.4 is 10.3 Å². The normalized spacial score (nSPS) is 17.9. The fraction of sp³-hybridized carbons (Fsp3) is 0.429. The maximum atomic E-state index is 12.1. The van der Waals surface area contributed by atoms with Crippen LogP contribution in [0.15, 0.2) is 41.2 Å². The summed E-state index contributed by atoms with van der Waals surface area (Å²) in [5.74, 6) is 1.31. The second-order valence-corrected chi connectivity index (χ2v) is 7.67. The number of aromatic nitrogens is 3. The number of hydrogen-bond acceptors (Lipinski definition) is 4. The molecule has 0 radical (unpaired) electrons. The lowest BCUT2D eigenvalue weighted by molar-refractivity contribution is 0.242. The molecule has 0 bridgehead atoms. The van der Waals surface area contributed by atoms with Crippen molar-refractivity contribution in [2.24, 2.45) is 0 Å². The smallest absolute Gasteiger partial charge is 0.272 e. The minimum atomic E-state index is -0.0534. The average Bonchev–Trinajstić information content (AvgIpc) is 3.23. The summed E-state index contributed by atoms with van der Waals surface area (Å²) < 4.78 is 7.25. The molecule has 0 amide bonds. The molecule has 1 fully saturated rings. The minimum Gasteiger partial charge on any atom is -0.491 e. The van der Waals surface area contributed by atoms with Gasteiger partial charge in [0.25, 0.3) is 5.56 Å². The summed E-state index contributed by atoms with van der Waals surface area (Å²) in [5, 5.41) is 3.24. The number of aryl methyl sites for hydroxylation is 1. The van der Waals surface area contributed by atoms with Gasteiger partial charge in [-0.25, -0.2) is 9.50 Å². The lowest BCUT2D eigenvalue weighted by Gasteiger charge is -2.16. The van der Waals surface area contributed by atoms with E-state index in [2.05, 4.69) is 27.1 Å². The predicted molar refractivity (Wildman–Crippen MR) is 105 cm³/mol. The standard InChI is InChI=1S/C21H26N4O2/c1-14(2)27-18-6-4-16(5-7-18)12-24-9-8-17(13-24)19-11-20-22-15(3)10-21(26)25(20)23-19/h4-7,10-11,14,17,23H,8-9,12-13H2,1-3H3/t17-/m0/s1. The molecule has 0 saturated carbocycles. The predicted octanol–water partition coefficient (Wildman–Crippen LogP) is 3.11. The van der Waals surface area contributed by atoms with Crippen molar-refractivity contribution in [2.45, 2.75) is 45.8 Å². The van der Waals surface area contributed by atoms with E-state index in [0.29, 0.717) is 11.6 Å². The first kappa shape index (κ1) is 17.8. The number of ether oxygens (including phenoxy) is 1. The van der Waals surface area contributed by atoms with E-state index in [9.17, 15) is 4.79 Å². The Labute approximate surface area is 158 Å². The Hall–Kier alpha value is -2.60. The minimum absolute atomic E-state index is 0.0534. The first-order chi connectivity index (χ1) is 13.0. The molecule has 1 aliphatic heterocycles. The quantitative estimate of drug-likeness (QED) is 0.754. The summed E-state index contributed by atoms with van der Waals surface area (Å²) in [6.45, 7) is 8.87. The Balaban J connectivity index is 1.43. The summed E-state index contributed by atoms with van der Waals surface area (Å²) >= 11 is 0. The van der Waals surface area contributed by atoms with Crippen molar-refractivity contribution in [3.63, 3.8) is 0 Å². The molecule has 0 unspecified atom stereocenters. The number of H-pyrrole nitrogens is 1. The zero-order valence-electron chi connectivity index (χ0n) is 16.1. The van der Waals surface area contributed by atoms with Crippen LogP contribution >= 0.6 is 0 Å². The van der Waals surface area contributed by atoms with Crippen LogP contribution in [0, 0.1) is 6.92 Å². The highest BCUT2D eigenvalue weighted by molar-refractivity contribution is 5.41. The summed E-state index contributed by atoms with van der Waals surface area (Å²) in [5.41, 5.74) is 3.78. The Morgan fingerprint density at radius 1 is 1.26 bits per heavy atom. The van der Waals surface area contributed by atoms with E-state index in [1.54, 1.807) is 10.6 Å². The number of hydrogen-bond donors (Lipinski definition) is 1. The third kappa shape index (κ3) is 3.90. The van der Waals surface area contributed by atoms with Crippen molar-refractivity contribution in [1.82, 2.24) is 19.5 Å². The fourth-order valence-corrected chi connectivity index (χ4v) is 3.77. The summed E-state index contributed by atoms with van der Waals surface area (Å²) in [6, 6.07) is 11.9. The van der Waals surface area contributed by atoms with E-state index in [0.717, 1.165) is 43.2 Å². The number of fused-ring (bicyclic) bond motifs is 1. The van der Waals surface area contributed by atoms with Gasteiger partial charge < -0.3 is 4.74 Å². The van der Waals surface area contributed by atoms with Crippen LogP contribution in [0.4, 0.5) is 0 Å². The van der Waals surface area contributed by atoms with Gasteiger partial charge in [-0.05, 0) is 51.4 Å². The molecule has 142 valence electrons. The number of nitrogens with one attached hydrogen (secondary N) is 1. The molecule has 6 nitrogen and oxygen atoms in total. The average molecular weight is 366 g/mol. The van der Waals surface area contributed by atoms with E-state index in [1.807, 2.05) is 39.0 Å². The molecule has 1 N–H and O–H groups in total. The van der Waals surface area contributed by atoms with Crippen molar-refractivity contribution in [3.8, 4) is 5.75 Å². The third-order valence-electron chi connectivity index (χ3n) is 5.01. The van der Waals surface area contributed by atoms with E-state index < -0.39 is 0 Å². The Kier molecular flexibility index (Phi) is 4.74. The Morgan fingerprint density at radius 3 is 2.78 bits per heavy atom. The zero-order valence-corrected chi connectivity index (χ0v) is 16.1. The molecule has 0 spiro atoms. The first-order valence-corrected chi connectivity index (χ1v) is 9.55. The summed E-state index contributed by atoms with van der Waals surface area (Å²) in [7, 11) is 0. The van der Waals surface area contributed by atoms with Gasteiger partial charge in [-0.15, -0.1) is 0 Å².